The topological polar surface area (TPSA) is 107 Å². The van der Waals surface area contributed by atoms with E-state index in [1.54, 1.807) is 24.3 Å². The number of nitrogens with two attached hydrogens (primary N) is 1. The molecule has 0 spiro atoms. The fraction of sp³-hybridized carbons (Fsp3) is 0.214. The van der Waals surface area contributed by atoms with Gasteiger partial charge in [-0.05, 0) is 59.5 Å². The molecule has 0 aliphatic heterocycles. The lowest BCUT2D eigenvalue weighted by atomic mass is 9.97. The first-order valence-electron chi connectivity index (χ1n) is 12.0. The fourth-order valence-corrected chi connectivity index (χ4v) is 4.78. The third-order valence-electron chi connectivity index (χ3n) is 5.54. The van der Waals surface area contributed by atoms with Gasteiger partial charge in [0.05, 0.1) is 22.9 Å². The largest absolute Gasteiger partial charge is 0.491 e. The molecule has 0 unspecified atom stereocenters. The SMILES string of the molecule is CC(C)(C)COc1cc(-c2ccc(NS(=O)(=O)c3cccc(N)n3)nc2-c2ccc(C(F)(F)F)cc2)ccc1Cl. The molecule has 2 aromatic heterocycles. The highest BCUT2D eigenvalue weighted by Gasteiger charge is 2.30. The van der Waals surface area contributed by atoms with Crippen LogP contribution in [-0.4, -0.2) is 25.0 Å². The van der Waals surface area contributed by atoms with Crippen LogP contribution >= 0.6 is 11.6 Å². The highest BCUT2D eigenvalue weighted by molar-refractivity contribution is 7.92. The van der Waals surface area contributed by atoms with Crippen LogP contribution in [0.25, 0.3) is 22.4 Å². The molecular weight excluding hydrogens is 565 g/mol. The highest BCUT2D eigenvalue weighted by Crippen LogP contribution is 2.38. The molecule has 2 aromatic carbocycles. The molecule has 2 heterocycles. The summed E-state index contributed by atoms with van der Waals surface area (Å²) in [6, 6.07) is 16.7. The predicted octanol–water partition coefficient (Wildman–Crippen LogP) is 7.29. The van der Waals surface area contributed by atoms with Crippen molar-refractivity contribution in [3.05, 3.63) is 83.4 Å². The van der Waals surface area contributed by atoms with E-state index in [2.05, 4.69) is 14.7 Å². The van der Waals surface area contributed by atoms with Gasteiger partial charge in [0.25, 0.3) is 10.0 Å². The second-order valence-electron chi connectivity index (χ2n) is 10.2. The predicted molar refractivity (Wildman–Crippen MR) is 150 cm³/mol. The summed E-state index contributed by atoms with van der Waals surface area (Å²) in [6.45, 7) is 6.42. The zero-order chi connectivity index (χ0) is 29.3. The first-order chi connectivity index (χ1) is 18.6. The molecule has 0 amide bonds. The maximum Gasteiger partial charge on any atom is 0.416 e. The number of nitrogen functional groups attached to an aromatic ring is 1. The number of benzene rings is 2. The minimum Gasteiger partial charge on any atom is -0.491 e. The van der Waals surface area contributed by atoms with E-state index in [0.29, 0.717) is 34.1 Å². The molecule has 0 radical (unpaired) electrons. The maximum absolute atomic E-state index is 13.2. The molecule has 0 aliphatic rings. The first-order valence-corrected chi connectivity index (χ1v) is 13.9. The van der Waals surface area contributed by atoms with Crippen molar-refractivity contribution < 1.29 is 26.3 Å². The van der Waals surface area contributed by atoms with E-state index in [-0.39, 0.29) is 27.8 Å². The van der Waals surface area contributed by atoms with Gasteiger partial charge in [-0.25, -0.2) is 9.97 Å². The number of sulfonamides is 1. The number of nitrogens with zero attached hydrogens (tertiary/aromatic N) is 2. The van der Waals surface area contributed by atoms with Gasteiger partial charge < -0.3 is 10.5 Å². The second-order valence-corrected chi connectivity index (χ2v) is 12.2. The lowest BCUT2D eigenvalue weighted by Crippen LogP contribution is -2.17. The maximum atomic E-state index is 13.2. The summed E-state index contributed by atoms with van der Waals surface area (Å²) >= 11 is 6.36. The van der Waals surface area contributed by atoms with Crippen molar-refractivity contribution in [2.24, 2.45) is 5.41 Å². The van der Waals surface area contributed by atoms with Gasteiger partial charge >= 0.3 is 6.18 Å². The highest BCUT2D eigenvalue weighted by atomic mass is 35.5. The van der Waals surface area contributed by atoms with E-state index in [9.17, 15) is 21.6 Å². The molecule has 40 heavy (non-hydrogen) atoms. The Morgan fingerprint density at radius 3 is 2.23 bits per heavy atom. The number of rotatable bonds is 7. The van der Waals surface area contributed by atoms with Gasteiger partial charge in [-0.1, -0.05) is 56.6 Å². The number of anilines is 2. The van der Waals surface area contributed by atoms with Crippen LogP contribution in [0.5, 0.6) is 5.75 Å². The van der Waals surface area contributed by atoms with Crippen molar-refractivity contribution in [2.75, 3.05) is 17.1 Å². The van der Waals surface area contributed by atoms with Crippen molar-refractivity contribution >= 4 is 33.3 Å². The molecule has 210 valence electrons. The lowest BCUT2D eigenvalue weighted by molar-refractivity contribution is -0.137. The van der Waals surface area contributed by atoms with Crippen LogP contribution in [0.3, 0.4) is 0 Å². The molecule has 0 aliphatic carbocycles. The quantitative estimate of drug-likeness (QED) is 0.234. The molecule has 0 saturated heterocycles. The Morgan fingerprint density at radius 1 is 0.925 bits per heavy atom. The summed E-state index contributed by atoms with van der Waals surface area (Å²) in [5.74, 6) is 0.370. The Bertz CT molecular complexity index is 1640. The van der Waals surface area contributed by atoms with E-state index in [4.69, 9.17) is 22.1 Å². The Labute approximate surface area is 235 Å². The van der Waals surface area contributed by atoms with Gasteiger partial charge in [0.2, 0.25) is 0 Å². The minimum atomic E-state index is -4.52. The number of hydrogen-bond acceptors (Lipinski definition) is 6. The van der Waals surface area contributed by atoms with Gasteiger partial charge in [0.15, 0.2) is 5.03 Å². The van der Waals surface area contributed by atoms with Crippen molar-refractivity contribution in [2.45, 2.75) is 32.0 Å². The van der Waals surface area contributed by atoms with Crippen LogP contribution in [0.15, 0.2) is 77.8 Å². The zero-order valence-corrected chi connectivity index (χ0v) is 23.3. The normalized spacial score (nSPS) is 12.3. The number of halogens is 4. The average molecular weight is 591 g/mol. The Balaban J connectivity index is 1.80. The molecule has 0 bridgehead atoms. The number of pyridine rings is 2. The molecule has 0 fully saturated rings. The van der Waals surface area contributed by atoms with E-state index >= 15 is 0 Å². The monoisotopic (exact) mass is 590 g/mol. The van der Waals surface area contributed by atoms with Gasteiger partial charge in [-0.2, -0.15) is 21.6 Å². The summed E-state index contributed by atoms with van der Waals surface area (Å²) in [6.07, 6.45) is -4.52. The Morgan fingerprint density at radius 2 is 1.60 bits per heavy atom. The number of hydrogen-bond donors (Lipinski definition) is 2. The summed E-state index contributed by atoms with van der Waals surface area (Å²) in [4.78, 5) is 8.32. The van der Waals surface area contributed by atoms with Crippen molar-refractivity contribution in [3.63, 3.8) is 0 Å². The summed E-state index contributed by atoms with van der Waals surface area (Å²) < 4.78 is 73.8. The molecule has 0 atom stereocenters. The van der Waals surface area contributed by atoms with E-state index in [0.717, 1.165) is 12.1 Å². The van der Waals surface area contributed by atoms with Crippen molar-refractivity contribution in [3.8, 4) is 28.1 Å². The molecule has 0 saturated carbocycles. The zero-order valence-electron chi connectivity index (χ0n) is 21.8. The third-order valence-corrected chi connectivity index (χ3v) is 7.11. The third kappa shape index (κ3) is 7.02. The number of ether oxygens (including phenoxy) is 1. The average Bonchev–Trinajstić information content (AvgIpc) is 2.87. The second kappa shape index (κ2) is 11.0. The first kappa shape index (κ1) is 29.2. The van der Waals surface area contributed by atoms with Crippen LogP contribution in [0.1, 0.15) is 26.3 Å². The lowest BCUT2D eigenvalue weighted by Gasteiger charge is -2.20. The van der Waals surface area contributed by atoms with Crippen molar-refractivity contribution in [1.82, 2.24) is 9.97 Å². The fourth-order valence-electron chi connectivity index (χ4n) is 3.63. The Hall–Kier alpha value is -3.83. The minimum absolute atomic E-state index is 0.0175. The van der Waals surface area contributed by atoms with E-state index in [1.165, 1.54) is 36.4 Å². The number of alkyl halides is 3. The van der Waals surface area contributed by atoms with Crippen LogP contribution in [0, 0.1) is 5.41 Å². The standard InChI is InChI=1S/C28H26ClF3N4O3S/c1-27(2,3)16-39-22-15-18(9-13-21(22)29)20-12-14-24(36-40(37,38)25-6-4-5-23(33)34-25)35-26(20)17-7-10-19(11-8-17)28(30,31)32/h4-15H,16H2,1-3H3,(H2,33,34)(H,35,36). The van der Waals surface area contributed by atoms with Gasteiger partial charge in [-0.3, -0.25) is 4.72 Å². The van der Waals surface area contributed by atoms with Crippen molar-refractivity contribution in [1.29, 1.82) is 0 Å². The molecule has 3 N–H and O–H groups in total. The van der Waals surface area contributed by atoms with Crippen LogP contribution in [0.4, 0.5) is 24.8 Å². The summed E-state index contributed by atoms with van der Waals surface area (Å²) in [7, 11) is -4.16. The van der Waals surface area contributed by atoms with Gasteiger partial charge in [0, 0.05) is 11.1 Å². The molecular formula is C28H26ClF3N4O3S. The smallest absolute Gasteiger partial charge is 0.416 e. The van der Waals surface area contributed by atoms with Crippen LogP contribution in [-0.2, 0) is 16.2 Å². The van der Waals surface area contributed by atoms with E-state index in [1.807, 2.05) is 20.8 Å². The molecule has 4 rings (SSSR count). The van der Waals surface area contributed by atoms with Crippen LogP contribution in [0.2, 0.25) is 5.02 Å². The van der Waals surface area contributed by atoms with Gasteiger partial charge in [-0.15, -0.1) is 0 Å². The summed E-state index contributed by atoms with van der Waals surface area (Å²) in [5.41, 5.74) is 6.36. The van der Waals surface area contributed by atoms with Crippen LogP contribution < -0.4 is 15.2 Å². The summed E-state index contributed by atoms with van der Waals surface area (Å²) in [5, 5.41) is 0.0730. The molecule has 12 heteroatoms. The molecule has 7 nitrogen and oxygen atoms in total. The Kier molecular flexibility index (Phi) is 8.00. The van der Waals surface area contributed by atoms with Gasteiger partial charge in [0.1, 0.15) is 17.4 Å². The number of nitrogens with one attached hydrogen (secondary N) is 1. The number of aromatic nitrogens is 2. The van der Waals surface area contributed by atoms with E-state index < -0.39 is 21.8 Å². The molecule has 4 aromatic rings.